The lowest BCUT2D eigenvalue weighted by atomic mass is 10.1. The average Bonchev–Trinajstić information content (AvgIpc) is 2.99. The second-order valence-corrected chi connectivity index (χ2v) is 6.74. The number of benzene rings is 2. The third-order valence-corrected chi connectivity index (χ3v) is 4.70. The van der Waals surface area contributed by atoms with Crippen LogP contribution in [0.2, 0.25) is 0 Å². The third kappa shape index (κ3) is 4.60. The zero-order valence-corrected chi connectivity index (χ0v) is 16.7. The summed E-state index contributed by atoms with van der Waals surface area (Å²) >= 11 is 0. The van der Waals surface area contributed by atoms with E-state index in [-0.39, 0.29) is 24.2 Å². The molecule has 9 heteroatoms. The van der Waals surface area contributed by atoms with E-state index in [9.17, 15) is 27.6 Å². The van der Waals surface area contributed by atoms with Gasteiger partial charge in [0.1, 0.15) is 6.54 Å². The summed E-state index contributed by atoms with van der Waals surface area (Å²) in [6, 6.07) is 12.1. The first-order valence-electron chi connectivity index (χ1n) is 9.39. The number of fused-ring (bicyclic) bond motifs is 1. The predicted octanol–water partition coefficient (Wildman–Crippen LogP) is 4.51. The minimum absolute atomic E-state index is 0.0522. The molecule has 2 aromatic carbocycles. The van der Waals surface area contributed by atoms with Crippen molar-refractivity contribution in [2.24, 2.45) is 0 Å². The highest BCUT2D eigenvalue weighted by Crippen LogP contribution is 2.31. The van der Waals surface area contributed by atoms with Crippen LogP contribution < -0.4 is 5.32 Å². The number of carbonyl (C=O) groups excluding carboxylic acids is 3. The Morgan fingerprint density at radius 3 is 2.29 bits per heavy atom. The molecular formula is C22H19F3N2O4. The van der Waals surface area contributed by atoms with Crippen molar-refractivity contribution in [3.05, 3.63) is 65.4 Å². The Hall–Kier alpha value is -3.62. The van der Waals surface area contributed by atoms with Gasteiger partial charge in [0.05, 0.1) is 17.7 Å². The number of nitrogens with zero attached hydrogens (tertiary/aromatic N) is 1. The van der Waals surface area contributed by atoms with Gasteiger partial charge in [-0.1, -0.05) is 18.2 Å². The Balaban J connectivity index is 1.85. The van der Waals surface area contributed by atoms with E-state index in [2.05, 4.69) is 5.32 Å². The van der Waals surface area contributed by atoms with Crippen LogP contribution in [0.3, 0.4) is 0 Å². The number of para-hydroxylation sites is 1. The Bertz CT molecular complexity index is 1150. The number of ether oxygens (including phenoxy) is 1. The highest BCUT2D eigenvalue weighted by Gasteiger charge is 2.42. The molecule has 31 heavy (non-hydrogen) atoms. The fourth-order valence-corrected chi connectivity index (χ4v) is 3.31. The van der Waals surface area contributed by atoms with E-state index >= 15 is 0 Å². The summed E-state index contributed by atoms with van der Waals surface area (Å²) in [6.07, 6.45) is -5.03. The molecule has 0 aliphatic rings. The van der Waals surface area contributed by atoms with Crippen molar-refractivity contribution in [1.82, 2.24) is 4.57 Å². The fraction of sp³-hybridized carbons (Fsp3) is 0.227. The van der Waals surface area contributed by atoms with Crippen molar-refractivity contribution in [2.75, 3.05) is 11.9 Å². The molecule has 1 aromatic heterocycles. The maximum Gasteiger partial charge on any atom is 0.454 e. The van der Waals surface area contributed by atoms with Gasteiger partial charge in [-0.15, -0.1) is 0 Å². The number of carbonyl (C=O) groups is 3. The van der Waals surface area contributed by atoms with Gasteiger partial charge in [-0.2, -0.15) is 13.2 Å². The lowest BCUT2D eigenvalue weighted by Gasteiger charge is -2.10. The van der Waals surface area contributed by atoms with Gasteiger partial charge in [-0.05, 0) is 44.2 Å². The molecule has 0 fully saturated rings. The van der Waals surface area contributed by atoms with Crippen LogP contribution in [0.4, 0.5) is 18.9 Å². The van der Waals surface area contributed by atoms with Crippen molar-refractivity contribution in [1.29, 1.82) is 0 Å². The van der Waals surface area contributed by atoms with E-state index in [0.717, 1.165) is 0 Å². The Morgan fingerprint density at radius 2 is 1.68 bits per heavy atom. The number of esters is 1. The number of anilines is 1. The number of Topliss-reactive ketones (excluding diaryl/α,β-unsaturated/α-hetero) is 1. The van der Waals surface area contributed by atoms with Crippen LogP contribution >= 0.6 is 0 Å². The molecule has 3 rings (SSSR count). The first-order chi connectivity index (χ1) is 14.6. The van der Waals surface area contributed by atoms with E-state index in [4.69, 9.17) is 4.74 Å². The number of ketones is 1. The van der Waals surface area contributed by atoms with Crippen molar-refractivity contribution in [3.8, 4) is 0 Å². The quantitative estimate of drug-likeness (QED) is 0.459. The zero-order chi connectivity index (χ0) is 22.8. The molecule has 0 radical (unpaired) electrons. The normalized spacial score (nSPS) is 11.4. The molecule has 1 N–H and O–H groups in total. The summed E-state index contributed by atoms with van der Waals surface area (Å²) in [5.74, 6) is -2.94. The number of alkyl halides is 3. The van der Waals surface area contributed by atoms with Gasteiger partial charge in [0.2, 0.25) is 5.91 Å². The van der Waals surface area contributed by atoms with Gasteiger partial charge in [-0.3, -0.25) is 9.59 Å². The number of aromatic nitrogens is 1. The molecule has 0 aliphatic heterocycles. The Kier molecular flexibility index (Phi) is 6.14. The van der Waals surface area contributed by atoms with Gasteiger partial charge in [0.15, 0.2) is 0 Å². The standard InChI is InChI=1S/C22H19F3N2O4/c1-3-31-21(30)14-8-10-15(11-9-14)26-18(28)12-27-13(2)19(20(29)22(23,24)25)16-6-4-5-7-17(16)27/h4-11H,3,12H2,1-2H3,(H,26,28). The molecule has 162 valence electrons. The molecule has 3 aromatic rings. The number of nitrogens with one attached hydrogen (secondary N) is 1. The number of hydrogen-bond acceptors (Lipinski definition) is 4. The summed E-state index contributed by atoms with van der Waals surface area (Å²) < 4.78 is 45.5. The summed E-state index contributed by atoms with van der Waals surface area (Å²) in [4.78, 5) is 36.2. The first kappa shape index (κ1) is 22.1. The molecular weight excluding hydrogens is 413 g/mol. The predicted molar refractivity (Wildman–Crippen MR) is 108 cm³/mol. The fourth-order valence-electron chi connectivity index (χ4n) is 3.31. The molecule has 0 saturated heterocycles. The maximum atomic E-state index is 13.1. The van der Waals surface area contributed by atoms with Crippen molar-refractivity contribution in [2.45, 2.75) is 26.6 Å². The van der Waals surface area contributed by atoms with Crippen LogP contribution in [0, 0.1) is 6.92 Å². The van der Waals surface area contributed by atoms with Crippen molar-refractivity contribution < 1.29 is 32.3 Å². The summed E-state index contributed by atoms with van der Waals surface area (Å²) in [6.45, 7) is 3.00. The van der Waals surface area contributed by atoms with E-state index in [1.54, 1.807) is 19.1 Å². The van der Waals surface area contributed by atoms with Crippen LogP contribution in [-0.2, 0) is 16.1 Å². The maximum absolute atomic E-state index is 13.1. The van der Waals surface area contributed by atoms with E-state index in [1.807, 2.05) is 0 Å². The summed E-state index contributed by atoms with van der Waals surface area (Å²) in [7, 11) is 0. The minimum Gasteiger partial charge on any atom is -0.462 e. The van der Waals surface area contributed by atoms with Crippen LogP contribution in [-0.4, -0.2) is 35.0 Å². The Morgan fingerprint density at radius 1 is 1.03 bits per heavy atom. The van der Waals surface area contributed by atoms with Gasteiger partial charge >= 0.3 is 12.1 Å². The summed E-state index contributed by atoms with van der Waals surface area (Å²) in [5, 5.41) is 2.76. The molecule has 0 saturated carbocycles. The summed E-state index contributed by atoms with van der Waals surface area (Å²) in [5.41, 5.74) is 0.660. The smallest absolute Gasteiger partial charge is 0.454 e. The molecule has 0 aliphatic carbocycles. The highest BCUT2D eigenvalue weighted by atomic mass is 19.4. The largest absolute Gasteiger partial charge is 0.462 e. The molecule has 6 nitrogen and oxygen atoms in total. The Labute approximate surface area is 175 Å². The lowest BCUT2D eigenvalue weighted by molar-refractivity contribution is -0.116. The number of hydrogen-bond donors (Lipinski definition) is 1. The topological polar surface area (TPSA) is 77.4 Å². The van der Waals surface area contributed by atoms with Gasteiger partial charge in [0, 0.05) is 22.3 Å². The molecule has 0 atom stereocenters. The first-order valence-corrected chi connectivity index (χ1v) is 9.39. The van der Waals surface area contributed by atoms with Gasteiger partial charge in [0.25, 0.3) is 5.78 Å². The van der Waals surface area contributed by atoms with E-state index in [1.165, 1.54) is 47.9 Å². The van der Waals surface area contributed by atoms with Gasteiger partial charge < -0.3 is 14.6 Å². The second kappa shape index (κ2) is 8.63. The second-order valence-electron chi connectivity index (χ2n) is 6.74. The van der Waals surface area contributed by atoms with Crippen LogP contribution in [0.1, 0.15) is 33.3 Å². The van der Waals surface area contributed by atoms with Crippen LogP contribution in [0.5, 0.6) is 0 Å². The monoisotopic (exact) mass is 432 g/mol. The van der Waals surface area contributed by atoms with Crippen LogP contribution in [0.15, 0.2) is 48.5 Å². The number of halogens is 3. The molecule has 1 heterocycles. The van der Waals surface area contributed by atoms with Crippen LogP contribution in [0.25, 0.3) is 10.9 Å². The number of amides is 1. The third-order valence-electron chi connectivity index (χ3n) is 4.70. The average molecular weight is 432 g/mol. The molecule has 0 bridgehead atoms. The lowest BCUT2D eigenvalue weighted by Crippen LogP contribution is -2.24. The molecule has 0 unspecified atom stereocenters. The van der Waals surface area contributed by atoms with E-state index in [0.29, 0.717) is 16.8 Å². The SMILES string of the molecule is CCOC(=O)c1ccc(NC(=O)Cn2c(C)c(C(=O)C(F)(F)F)c3ccccc32)cc1. The van der Waals surface area contributed by atoms with Crippen molar-refractivity contribution in [3.63, 3.8) is 0 Å². The van der Waals surface area contributed by atoms with Crippen molar-refractivity contribution >= 4 is 34.3 Å². The minimum atomic E-state index is -5.03. The molecule has 0 spiro atoms. The molecule has 1 amide bonds. The van der Waals surface area contributed by atoms with Gasteiger partial charge in [-0.25, -0.2) is 4.79 Å². The number of rotatable bonds is 6. The van der Waals surface area contributed by atoms with E-state index < -0.39 is 29.4 Å². The highest BCUT2D eigenvalue weighted by molar-refractivity contribution is 6.12. The zero-order valence-electron chi connectivity index (χ0n) is 16.7.